The molecule has 3 aromatic carbocycles. The molecule has 3 aromatic rings. The topological polar surface area (TPSA) is 221 Å². The number of Topliss-reactive ketones (excluding diaryl/α,β-unsaturated/α-hetero) is 1. The van der Waals surface area contributed by atoms with Gasteiger partial charge in [-0.2, -0.15) is 0 Å². The van der Waals surface area contributed by atoms with Gasteiger partial charge in [0.15, 0.2) is 23.6 Å². The van der Waals surface area contributed by atoms with Crippen LogP contribution in [0, 0.1) is 22.7 Å². The molecular formula is C47H49NO14. The molecule has 0 bridgehead atoms. The van der Waals surface area contributed by atoms with Gasteiger partial charge in [-0.05, 0) is 49.2 Å². The number of rotatable bonds is 10. The van der Waals surface area contributed by atoms with Crippen LogP contribution in [0.3, 0.4) is 0 Å². The Morgan fingerprint density at radius 3 is 2.00 bits per heavy atom. The van der Waals surface area contributed by atoms with Crippen molar-refractivity contribution in [2.45, 2.75) is 101 Å². The minimum Gasteiger partial charge on any atom is -0.460 e. The van der Waals surface area contributed by atoms with Gasteiger partial charge in [-0.15, -0.1) is 0 Å². The molecule has 3 saturated carbocycles. The quantitative estimate of drug-likeness (QED) is 0.131. The van der Waals surface area contributed by atoms with Crippen molar-refractivity contribution < 1.29 is 67.8 Å². The van der Waals surface area contributed by atoms with Gasteiger partial charge >= 0.3 is 23.9 Å². The van der Waals surface area contributed by atoms with E-state index in [-0.39, 0.29) is 29.7 Å². The summed E-state index contributed by atoms with van der Waals surface area (Å²) in [7, 11) is 0. The third-order valence-corrected chi connectivity index (χ3v) is 14.2. The van der Waals surface area contributed by atoms with E-state index in [2.05, 4.69) is 5.32 Å². The van der Waals surface area contributed by atoms with Crippen LogP contribution >= 0.6 is 0 Å². The zero-order valence-electron chi connectivity index (χ0n) is 34.8. The number of aliphatic hydroxyl groups is 3. The van der Waals surface area contributed by atoms with Crippen LogP contribution in [-0.2, 0) is 42.9 Å². The first-order valence-corrected chi connectivity index (χ1v) is 20.6. The molecule has 2 unspecified atom stereocenters. The van der Waals surface area contributed by atoms with Gasteiger partial charge in [-0.1, -0.05) is 79.2 Å². The lowest BCUT2D eigenvalue weighted by Gasteiger charge is -2.67. The molecule has 4 fully saturated rings. The number of ether oxygens (including phenoxy) is 5. The molecule has 0 radical (unpaired) electrons. The number of carbonyl (C=O) groups is 6. The number of esters is 4. The van der Waals surface area contributed by atoms with Crippen molar-refractivity contribution in [3.63, 3.8) is 0 Å². The van der Waals surface area contributed by atoms with Crippen molar-refractivity contribution in [1.82, 2.24) is 5.32 Å². The standard InChI is InChI=1S/C47H49NO14/c1-24-33-30(60-43(56)36(52)35(27-15-9-6-10-16-27)48-41(54)28-17-11-7-12-18-28)22-47(57)40(61-42(55)29-19-13-8-14-20-29)38-44(4,31(51)21-32-46(38,23-58-32)62-26(3)50)39(53)37(59-25(2)49)34(24)45(33,47)5/h6-20,30-33,35-38,40,51-52,57H,21-23H2,1-5H3,(H,48,54)/t30-,31-,32+,33?,35-,36+,37+,38-,40-,44+,45?,46-,47+/m1/s1. The Labute approximate surface area is 357 Å². The summed E-state index contributed by atoms with van der Waals surface area (Å²) in [6.07, 6.45) is -9.96. The lowest BCUT2D eigenvalue weighted by atomic mass is 9.43. The maximum absolute atomic E-state index is 15.3. The number of aliphatic hydroxyl groups excluding tert-OH is 2. The van der Waals surface area contributed by atoms with Gasteiger partial charge < -0.3 is 44.3 Å². The van der Waals surface area contributed by atoms with Gasteiger partial charge in [-0.25, -0.2) is 9.59 Å². The zero-order chi connectivity index (χ0) is 44.5. The summed E-state index contributed by atoms with van der Waals surface area (Å²) in [4.78, 5) is 83.2. The highest BCUT2D eigenvalue weighted by atomic mass is 16.6. The first kappa shape index (κ1) is 42.9. The number of fused-ring (bicyclic) bond motifs is 3. The van der Waals surface area contributed by atoms with Crippen molar-refractivity contribution in [3.05, 3.63) is 119 Å². The van der Waals surface area contributed by atoms with Gasteiger partial charge in [0.25, 0.3) is 5.91 Å². The van der Waals surface area contributed by atoms with E-state index in [0.29, 0.717) is 11.1 Å². The van der Waals surface area contributed by atoms with E-state index in [1.165, 1.54) is 19.1 Å². The van der Waals surface area contributed by atoms with Crippen molar-refractivity contribution in [1.29, 1.82) is 0 Å². The van der Waals surface area contributed by atoms with Crippen molar-refractivity contribution in [2.24, 2.45) is 22.7 Å². The second-order valence-corrected chi connectivity index (χ2v) is 17.5. The summed E-state index contributed by atoms with van der Waals surface area (Å²) in [5.41, 5.74) is -6.41. The molecule has 1 amide bonds. The van der Waals surface area contributed by atoms with Crippen LogP contribution in [0.15, 0.2) is 102 Å². The Morgan fingerprint density at radius 1 is 0.839 bits per heavy atom. The second kappa shape index (κ2) is 15.6. The van der Waals surface area contributed by atoms with Crippen molar-refractivity contribution >= 4 is 35.6 Å². The Hall–Kier alpha value is -5.74. The zero-order valence-corrected chi connectivity index (χ0v) is 34.8. The summed E-state index contributed by atoms with van der Waals surface area (Å²) in [5.74, 6) is -7.49. The summed E-state index contributed by atoms with van der Waals surface area (Å²) in [5, 5.41) is 40.3. The SMILES string of the molecule is CC(=O)O[C@@H]1C(=O)[C@@]2(C)[C@H](O)C[C@@H]3OC[C@]3(OC(C)=O)[C@@H]2[C@@H](OC(=O)c2ccccc2)[C@@]2(O)C[C@@H](OC(=O)[C@@H](O)[C@H](NC(=O)c3ccccc3)c3ccccc3)C3C(C)=C1C32C. The monoisotopic (exact) mass is 851 g/mol. The molecule has 326 valence electrons. The molecule has 5 aliphatic rings. The van der Waals surface area contributed by atoms with E-state index in [4.69, 9.17) is 23.7 Å². The molecule has 13 atom stereocenters. The number of hydrogen-bond donors (Lipinski definition) is 4. The average Bonchev–Trinajstić information content (AvgIpc) is 3.43. The normalized spacial score (nSPS) is 35.1. The molecule has 0 spiro atoms. The highest BCUT2D eigenvalue weighted by Crippen LogP contribution is 2.72. The van der Waals surface area contributed by atoms with Crippen LogP contribution in [0.4, 0.5) is 0 Å². The maximum Gasteiger partial charge on any atom is 0.338 e. The third-order valence-electron chi connectivity index (χ3n) is 14.2. The molecule has 62 heavy (non-hydrogen) atoms. The van der Waals surface area contributed by atoms with E-state index in [1.807, 2.05) is 0 Å². The van der Waals surface area contributed by atoms with Crippen molar-refractivity contribution in [3.8, 4) is 0 Å². The minimum absolute atomic E-state index is 0.0825. The van der Waals surface area contributed by atoms with Gasteiger partial charge in [0.2, 0.25) is 0 Å². The molecule has 15 nitrogen and oxygen atoms in total. The van der Waals surface area contributed by atoms with Crippen LogP contribution in [0.2, 0.25) is 0 Å². The number of hydrogen-bond acceptors (Lipinski definition) is 14. The van der Waals surface area contributed by atoms with Gasteiger partial charge in [0.1, 0.15) is 23.9 Å². The maximum atomic E-state index is 15.3. The fraction of sp³-hybridized carbons (Fsp3) is 0.447. The second-order valence-electron chi connectivity index (χ2n) is 17.5. The van der Waals surface area contributed by atoms with E-state index in [0.717, 1.165) is 13.8 Å². The lowest BCUT2D eigenvalue weighted by Crippen LogP contribution is -2.81. The number of carbonyl (C=O) groups excluding carboxylic acids is 6. The molecule has 0 aromatic heterocycles. The summed E-state index contributed by atoms with van der Waals surface area (Å²) < 4.78 is 30.4. The van der Waals surface area contributed by atoms with Crippen LogP contribution in [0.1, 0.15) is 79.8 Å². The molecular weight excluding hydrogens is 803 g/mol. The molecule has 15 heteroatoms. The van der Waals surface area contributed by atoms with Crippen molar-refractivity contribution in [2.75, 3.05) is 6.61 Å². The molecule has 1 heterocycles. The summed E-state index contributed by atoms with van der Waals surface area (Å²) in [6.45, 7) is 6.63. The Balaban J connectivity index is 1.26. The first-order chi connectivity index (χ1) is 29.4. The van der Waals surface area contributed by atoms with Gasteiger partial charge in [0, 0.05) is 43.6 Å². The van der Waals surface area contributed by atoms with Crippen LogP contribution in [0.25, 0.3) is 0 Å². The number of benzene rings is 3. The van der Waals surface area contributed by atoms with Crippen LogP contribution < -0.4 is 5.32 Å². The number of ketones is 1. The molecule has 1 aliphatic heterocycles. The lowest BCUT2D eigenvalue weighted by molar-refractivity contribution is -0.344. The van der Waals surface area contributed by atoms with E-state index in [1.54, 1.807) is 92.7 Å². The molecule has 1 saturated heterocycles. The Morgan fingerprint density at radius 2 is 1.44 bits per heavy atom. The largest absolute Gasteiger partial charge is 0.460 e. The Bertz CT molecular complexity index is 2340. The van der Waals surface area contributed by atoms with E-state index < -0.39 is 119 Å². The fourth-order valence-corrected chi connectivity index (χ4v) is 11.4. The predicted molar refractivity (Wildman–Crippen MR) is 216 cm³/mol. The fourth-order valence-electron chi connectivity index (χ4n) is 11.4. The number of amides is 1. The summed E-state index contributed by atoms with van der Waals surface area (Å²) in [6, 6.07) is 23.2. The van der Waals surface area contributed by atoms with E-state index in [9.17, 15) is 39.3 Å². The highest BCUT2D eigenvalue weighted by molar-refractivity contribution is 5.97. The van der Waals surface area contributed by atoms with Crippen LogP contribution in [0.5, 0.6) is 0 Å². The van der Waals surface area contributed by atoms with Gasteiger partial charge in [0.05, 0.1) is 35.6 Å². The average molecular weight is 852 g/mol. The number of nitrogens with one attached hydrogen (secondary N) is 1. The predicted octanol–water partition coefficient (Wildman–Crippen LogP) is 3.35. The molecule has 4 N–H and O–H groups in total. The summed E-state index contributed by atoms with van der Waals surface area (Å²) >= 11 is 0. The van der Waals surface area contributed by atoms with Crippen LogP contribution in [-0.4, -0.2) is 105 Å². The smallest absolute Gasteiger partial charge is 0.338 e. The van der Waals surface area contributed by atoms with Gasteiger partial charge in [-0.3, -0.25) is 19.2 Å². The molecule has 4 aliphatic carbocycles. The first-order valence-electron chi connectivity index (χ1n) is 20.6. The molecule has 8 rings (SSSR count). The highest BCUT2D eigenvalue weighted by Gasteiger charge is 2.83. The van der Waals surface area contributed by atoms with E-state index >= 15 is 4.79 Å². The minimum atomic E-state index is -2.32. The Kier molecular flexibility index (Phi) is 10.8. The third kappa shape index (κ3) is 6.39.